The summed E-state index contributed by atoms with van der Waals surface area (Å²) in [6.07, 6.45) is 20.8. The van der Waals surface area contributed by atoms with Crippen LogP contribution in [0, 0.1) is 76.3 Å². The maximum absolute atomic E-state index is 7.17. The summed E-state index contributed by atoms with van der Waals surface area (Å²) in [6, 6.07) is 0. The van der Waals surface area contributed by atoms with Crippen molar-refractivity contribution >= 4 is 227 Å². The van der Waals surface area contributed by atoms with E-state index in [1.807, 2.05) is 6.92 Å². The van der Waals surface area contributed by atoms with E-state index in [1.165, 1.54) is 110 Å². The molecule has 23 radical (unpaired) electrons. The normalized spacial score (nSPS) is 16.4. The average Bonchev–Trinajstić information content (AvgIpc) is 0.936. The van der Waals surface area contributed by atoms with Crippen molar-refractivity contribution in [3.63, 3.8) is 0 Å². The van der Waals surface area contributed by atoms with E-state index in [2.05, 4.69) is 205 Å². The molecule has 4 fully saturated rings. The van der Waals surface area contributed by atoms with Crippen molar-refractivity contribution in [2.75, 3.05) is 0 Å². The minimum atomic E-state index is -2.70. The maximum atomic E-state index is 7.17. The molecule has 4 aliphatic rings. The second-order valence-electron chi connectivity index (χ2n) is 33.6. The van der Waals surface area contributed by atoms with Gasteiger partial charge in [-0.2, -0.15) is 0 Å². The largest absolute Gasteiger partial charge is 2.00 e. The molecule has 505 valence electrons. The van der Waals surface area contributed by atoms with E-state index in [0.717, 1.165) is 22.6 Å². The Balaban J connectivity index is -0.000000306. The van der Waals surface area contributed by atoms with Gasteiger partial charge in [0.1, 0.15) is 8.07 Å². The van der Waals surface area contributed by atoms with Gasteiger partial charge in [0.2, 0.25) is 0 Å². The zero-order chi connectivity index (χ0) is 69.8. The zero-order valence-electron chi connectivity index (χ0n) is 67.0. The van der Waals surface area contributed by atoms with Gasteiger partial charge in [0.15, 0.2) is 58.2 Å². The van der Waals surface area contributed by atoms with Gasteiger partial charge in [-0.3, -0.25) is 0 Å². The van der Waals surface area contributed by atoms with Crippen LogP contribution in [0.5, 0.6) is 0 Å². The smallest absolute Gasteiger partial charge is 0.457 e. The van der Waals surface area contributed by atoms with Gasteiger partial charge in [-0.15, -0.1) is 10.3 Å². The molecular weight excluding hydrogens is 1390 g/mol. The first-order valence-corrected chi connectivity index (χ1v) is 65.7. The van der Waals surface area contributed by atoms with Crippen molar-refractivity contribution in [3.05, 3.63) is 29.7 Å². The first-order valence-electron chi connectivity index (χ1n) is 34.6. The van der Waals surface area contributed by atoms with Crippen LogP contribution in [0.4, 0.5) is 0 Å². The molecule has 0 aromatic heterocycles. The minimum Gasteiger partial charge on any atom is -0.457 e. The molecule has 96 heavy (non-hydrogen) atoms. The van der Waals surface area contributed by atoms with Crippen LogP contribution in [-0.4, -0.2) is 227 Å². The molecular formula is C60H125B20Fe2O4Si10. The molecule has 0 aliphatic heterocycles. The van der Waals surface area contributed by atoms with Crippen molar-refractivity contribution in [2.45, 2.75) is 305 Å². The first-order chi connectivity index (χ1) is 40.9. The molecule has 0 spiro atoms. The summed E-state index contributed by atoms with van der Waals surface area (Å²) in [4.78, 5) is 0. The van der Waals surface area contributed by atoms with Crippen molar-refractivity contribution in [1.82, 2.24) is 0 Å². The predicted molar refractivity (Wildman–Crippen MR) is 479 cm³/mol. The molecule has 4 saturated carbocycles. The van der Waals surface area contributed by atoms with Gasteiger partial charge < -0.3 is 46.2 Å². The van der Waals surface area contributed by atoms with Gasteiger partial charge >= 0.3 is 34.1 Å². The summed E-state index contributed by atoms with van der Waals surface area (Å²) in [7, 11) is 51.5. The summed E-state index contributed by atoms with van der Waals surface area (Å²) in [5, 5.41) is -0.0703. The molecule has 0 bridgehead atoms. The summed E-state index contributed by atoms with van der Waals surface area (Å²) in [6.45, 7) is 51.4. The summed E-state index contributed by atoms with van der Waals surface area (Å²) in [5.41, 5.74) is 10.2. The van der Waals surface area contributed by atoms with Crippen LogP contribution in [0.1, 0.15) is 117 Å². The van der Waals surface area contributed by atoms with E-state index in [4.69, 9.17) is 93.8 Å². The Hall–Kier alpha value is 2.59. The monoisotopic (exact) mass is 1520 g/mol. The topological polar surface area (TPSA) is 36.9 Å². The molecule has 36 heteroatoms. The molecule has 0 N–H and O–H groups in total. The fraction of sp³-hybridized carbons (Fsp3) is 0.800. The predicted octanol–water partition coefficient (Wildman–Crippen LogP) is 13.0. The Morgan fingerprint density at radius 3 is 1.15 bits per heavy atom. The Morgan fingerprint density at radius 2 is 0.802 bits per heavy atom. The molecule has 4 rings (SSSR count). The molecule has 0 amide bonds. The third-order valence-electron chi connectivity index (χ3n) is 20.1. The second-order valence-corrected chi connectivity index (χ2v) is 78.0. The Labute approximate surface area is 652 Å². The van der Waals surface area contributed by atoms with Crippen LogP contribution in [0.2, 0.25) is 188 Å². The van der Waals surface area contributed by atoms with Gasteiger partial charge in [-0.25, -0.2) is 0 Å². The van der Waals surface area contributed by atoms with Gasteiger partial charge in [0.05, 0.1) is 14.3 Å². The molecule has 2 atom stereocenters. The van der Waals surface area contributed by atoms with Gasteiger partial charge in [0.25, 0.3) is 8.32 Å². The number of rotatable bonds is 28. The van der Waals surface area contributed by atoms with Crippen LogP contribution in [0.25, 0.3) is 0 Å². The SMILES string of the molecule is CC#CC#C[Si](C)(C)C1CCCC1.C[Si](C)(C)C1CCCC1.[B]B([B])B(B([B])[B])C(B([B])[B]C[Si](C)(C)O[Si](C)(C)C1CCCC1)[Si](C)(C)O[Si](C)(C)C.[B][B]B([B])C(B([B])[B])(B([B])[B]C[Si](C)(C)O[Si](C)(C)C#CC#CC)[Si](C)(C)O[Si](C)(C)C1CCCC1.[CH3-].[CH3-].[CH3-].[CH3-].[Fe+2].[Fe+2]. The molecule has 0 heterocycles. The van der Waals surface area contributed by atoms with Crippen molar-refractivity contribution in [2.24, 2.45) is 0 Å². The van der Waals surface area contributed by atoms with Crippen LogP contribution in [0.15, 0.2) is 0 Å². The Kier molecular flexibility index (Phi) is 54.9. The molecule has 0 saturated heterocycles. The first kappa shape index (κ1) is 110. The van der Waals surface area contributed by atoms with Crippen molar-refractivity contribution in [1.29, 1.82) is 0 Å². The molecule has 0 aromatic rings. The third-order valence-corrected chi connectivity index (χ3v) is 57.5. The van der Waals surface area contributed by atoms with E-state index < -0.39 is 120 Å². The van der Waals surface area contributed by atoms with Crippen LogP contribution in [0.3, 0.4) is 0 Å². The number of hydrogen-bond donors (Lipinski definition) is 0. The maximum Gasteiger partial charge on any atom is 2.00 e. The van der Waals surface area contributed by atoms with Crippen molar-refractivity contribution < 1.29 is 50.6 Å². The molecule has 4 aliphatic carbocycles. The second kappa shape index (κ2) is 48.1. The fourth-order valence-corrected chi connectivity index (χ4v) is 57.2. The molecule has 0 aromatic carbocycles. The van der Waals surface area contributed by atoms with Crippen molar-refractivity contribution in [3.8, 4) is 46.6 Å². The summed E-state index contributed by atoms with van der Waals surface area (Å²) < 4.78 is 26.6. The summed E-state index contributed by atoms with van der Waals surface area (Å²) in [5.74, 6) is 18.8. The van der Waals surface area contributed by atoms with Gasteiger partial charge in [-0.05, 0) is 171 Å². The number of hydrogen-bond acceptors (Lipinski definition) is 4. The zero-order valence-corrected chi connectivity index (χ0v) is 79.2. The average molecular weight is 1520 g/mol. The van der Waals surface area contributed by atoms with E-state index in [9.17, 15) is 0 Å². The van der Waals surface area contributed by atoms with E-state index >= 15 is 0 Å². The quantitative estimate of drug-likeness (QED) is 0.0444. The Bertz CT molecular complexity index is 2400. The van der Waals surface area contributed by atoms with E-state index in [0.29, 0.717) is 11.5 Å². The van der Waals surface area contributed by atoms with Crippen LogP contribution in [-0.2, 0) is 50.6 Å². The fourth-order valence-electron chi connectivity index (χ4n) is 15.7. The van der Waals surface area contributed by atoms with E-state index in [1.54, 1.807) is 6.92 Å². The van der Waals surface area contributed by atoms with Gasteiger partial charge in [0, 0.05) is 138 Å². The Morgan fingerprint density at radius 1 is 0.448 bits per heavy atom. The standard InChI is InChI=1S/C20H38B10O2Si4.C16H39B10O2Si4.C12H18Si.C8H18Si.4CH3.2Fe/c1-10-11-14-17-33(2,3)31-34(4,5)18-26-29(24)20(28(22)23,30(25)27-21)36(8,9)32-35(6,7)19-15-12-13-16-19;1-29(2,3)27-32(8,9)16(24(25(18)19)26(20)21)23(17)22-14-30(4,5)28-31(6,7)15-12-10-11-13-15;1-4-5-8-11-13(2,3)12-9-6-7-10-12;1-9(2,3)8-6-4-5-7-8;;;;;;/h19H,12-13,15-16,18H2,1-9H3;15-16H,10-14H2,1-9H3;12H,6-7,9-10H2,1-3H3;8H,4-7H2,1-3H3;4*1H3;;/q;;;;4*-1;2*+2. The molecule has 4 nitrogen and oxygen atoms in total. The van der Waals surface area contributed by atoms with Crippen LogP contribution < -0.4 is 0 Å². The van der Waals surface area contributed by atoms with Gasteiger partial charge in [-0.1, -0.05) is 170 Å². The minimum absolute atomic E-state index is 0. The van der Waals surface area contributed by atoms with Crippen LogP contribution >= 0.6 is 0 Å². The summed E-state index contributed by atoms with van der Waals surface area (Å²) >= 11 is 0. The van der Waals surface area contributed by atoms with E-state index in [-0.39, 0.29) is 82.2 Å². The molecule has 2 unspecified atom stereocenters. The third kappa shape index (κ3) is 37.4.